The van der Waals surface area contributed by atoms with E-state index in [1.165, 1.54) is 5.56 Å². The van der Waals surface area contributed by atoms with Gasteiger partial charge in [0.15, 0.2) is 9.84 Å². The first kappa shape index (κ1) is 16.0. The van der Waals surface area contributed by atoms with Crippen LogP contribution >= 0.6 is 0 Å². The number of carbonyl (C=O) groups excluding carboxylic acids is 1. The normalized spacial score (nSPS) is 20.6. The molecular formula is C15H22N2O3S. The number of sulfone groups is 1. The van der Waals surface area contributed by atoms with E-state index in [4.69, 9.17) is 0 Å². The minimum absolute atomic E-state index is 0.107. The first-order valence-corrected chi connectivity index (χ1v) is 9.01. The van der Waals surface area contributed by atoms with E-state index in [-0.39, 0.29) is 30.0 Å². The first-order valence-electron chi connectivity index (χ1n) is 7.19. The van der Waals surface area contributed by atoms with Gasteiger partial charge in [0.05, 0.1) is 18.1 Å². The van der Waals surface area contributed by atoms with Crippen LogP contribution in [0.1, 0.15) is 31.7 Å². The van der Waals surface area contributed by atoms with Gasteiger partial charge in [-0.3, -0.25) is 4.79 Å². The Morgan fingerprint density at radius 1 is 1.29 bits per heavy atom. The second kappa shape index (κ2) is 6.58. The Hall–Kier alpha value is -1.40. The lowest BCUT2D eigenvalue weighted by atomic mass is 10.0. The Morgan fingerprint density at radius 3 is 2.48 bits per heavy atom. The van der Waals surface area contributed by atoms with Gasteiger partial charge in [0.25, 0.3) is 0 Å². The number of benzene rings is 1. The number of rotatable bonds is 5. The number of carbonyl (C=O) groups is 1. The molecule has 1 atom stereocenters. The van der Waals surface area contributed by atoms with Crippen molar-refractivity contribution in [3.63, 3.8) is 0 Å². The van der Waals surface area contributed by atoms with Gasteiger partial charge in [0.2, 0.25) is 5.91 Å². The van der Waals surface area contributed by atoms with Crippen molar-refractivity contribution >= 4 is 21.4 Å². The summed E-state index contributed by atoms with van der Waals surface area (Å²) in [6.07, 6.45) is 0.582. The fourth-order valence-electron chi connectivity index (χ4n) is 2.35. The third-order valence-electron chi connectivity index (χ3n) is 3.64. The number of hydrogen-bond donors (Lipinski definition) is 2. The van der Waals surface area contributed by atoms with Gasteiger partial charge in [0.1, 0.15) is 0 Å². The monoisotopic (exact) mass is 310 g/mol. The molecular weight excluding hydrogens is 288 g/mol. The van der Waals surface area contributed by atoms with Crippen LogP contribution < -0.4 is 10.6 Å². The summed E-state index contributed by atoms with van der Waals surface area (Å²) in [5.41, 5.74) is 1.98. The Bertz CT molecular complexity index is 594. The topological polar surface area (TPSA) is 75.3 Å². The maximum Gasteiger partial charge on any atom is 0.238 e. The molecule has 1 aliphatic rings. The summed E-state index contributed by atoms with van der Waals surface area (Å²) in [6, 6.07) is 7.65. The smallest absolute Gasteiger partial charge is 0.238 e. The van der Waals surface area contributed by atoms with Gasteiger partial charge >= 0.3 is 0 Å². The Balaban J connectivity index is 1.79. The third kappa shape index (κ3) is 4.82. The number of nitrogens with one attached hydrogen (secondary N) is 2. The molecule has 1 aromatic rings. The molecule has 0 aromatic heterocycles. The van der Waals surface area contributed by atoms with Crippen LogP contribution in [0.25, 0.3) is 0 Å². The molecule has 1 aromatic carbocycles. The SMILES string of the molecule is CC(C)c1ccc(NC(=O)CNC2CCS(=O)(=O)C2)cc1. The van der Waals surface area contributed by atoms with Crippen molar-refractivity contribution in [2.75, 3.05) is 23.4 Å². The molecule has 1 amide bonds. The average Bonchev–Trinajstić information content (AvgIpc) is 2.77. The third-order valence-corrected chi connectivity index (χ3v) is 5.41. The van der Waals surface area contributed by atoms with Crippen molar-refractivity contribution in [1.82, 2.24) is 5.32 Å². The molecule has 21 heavy (non-hydrogen) atoms. The van der Waals surface area contributed by atoms with Gasteiger partial charge in [-0.1, -0.05) is 26.0 Å². The number of amides is 1. The number of hydrogen-bond acceptors (Lipinski definition) is 4. The molecule has 0 spiro atoms. The minimum atomic E-state index is -2.91. The summed E-state index contributed by atoms with van der Waals surface area (Å²) in [5, 5.41) is 5.80. The van der Waals surface area contributed by atoms with Gasteiger partial charge in [-0.25, -0.2) is 8.42 Å². The van der Waals surface area contributed by atoms with Crippen LogP contribution in [0.4, 0.5) is 5.69 Å². The van der Waals surface area contributed by atoms with Crippen LogP contribution in [0, 0.1) is 0 Å². The highest BCUT2D eigenvalue weighted by Gasteiger charge is 2.27. The highest BCUT2D eigenvalue weighted by Crippen LogP contribution is 2.17. The predicted molar refractivity (Wildman–Crippen MR) is 84.2 cm³/mol. The van der Waals surface area contributed by atoms with E-state index in [1.807, 2.05) is 24.3 Å². The van der Waals surface area contributed by atoms with E-state index in [0.717, 1.165) is 5.69 Å². The van der Waals surface area contributed by atoms with Crippen LogP contribution in [0.3, 0.4) is 0 Å². The maximum atomic E-state index is 11.8. The Labute approximate surface area is 126 Å². The zero-order valence-electron chi connectivity index (χ0n) is 12.4. The summed E-state index contributed by atoms with van der Waals surface area (Å²) in [5.74, 6) is 0.643. The summed E-state index contributed by atoms with van der Waals surface area (Å²) in [4.78, 5) is 11.8. The lowest BCUT2D eigenvalue weighted by Crippen LogP contribution is -2.36. The molecule has 2 rings (SSSR count). The van der Waals surface area contributed by atoms with Crippen molar-refractivity contribution < 1.29 is 13.2 Å². The Morgan fingerprint density at radius 2 is 1.95 bits per heavy atom. The molecule has 2 N–H and O–H groups in total. The van der Waals surface area contributed by atoms with Crippen LogP contribution in [0.2, 0.25) is 0 Å². The van der Waals surface area contributed by atoms with Crippen molar-refractivity contribution in [2.24, 2.45) is 0 Å². The molecule has 6 heteroatoms. The molecule has 1 fully saturated rings. The number of anilines is 1. The highest BCUT2D eigenvalue weighted by molar-refractivity contribution is 7.91. The summed E-state index contributed by atoms with van der Waals surface area (Å²) < 4.78 is 22.6. The van der Waals surface area contributed by atoms with Crippen molar-refractivity contribution in [3.05, 3.63) is 29.8 Å². The minimum Gasteiger partial charge on any atom is -0.325 e. The summed E-state index contributed by atoms with van der Waals surface area (Å²) in [7, 11) is -2.91. The van der Waals surface area contributed by atoms with Crippen molar-refractivity contribution in [2.45, 2.75) is 32.2 Å². The molecule has 116 valence electrons. The van der Waals surface area contributed by atoms with Gasteiger partial charge in [-0.2, -0.15) is 0 Å². The van der Waals surface area contributed by atoms with Crippen LogP contribution in [-0.4, -0.2) is 38.4 Å². The van der Waals surface area contributed by atoms with Crippen LogP contribution in [-0.2, 0) is 14.6 Å². The lowest BCUT2D eigenvalue weighted by molar-refractivity contribution is -0.115. The molecule has 5 nitrogen and oxygen atoms in total. The standard InChI is InChI=1S/C15H22N2O3S/c1-11(2)12-3-5-13(6-4-12)17-15(18)9-16-14-7-8-21(19,20)10-14/h3-6,11,14,16H,7-10H2,1-2H3,(H,17,18). The van der Waals surface area contributed by atoms with E-state index >= 15 is 0 Å². The van der Waals surface area contributed by atoms with Crippen molar-refractivity contribution in [1.29, 1.82) is 0 Å². The Kier molecular flexibility index (Phi) is 5.00. The molecule has 1 saturated heterocycles. The fourth-order valence-corrected chi connectivity index (χ4v) is 4.06. The van der Waals surface area contributed by atoms with Gasteiger partial charge in [-0.15, -0.1) is 0 Å². The van der Waals surface area contributed by atoms with Gasteiger partial charge < -0.3 is 10.6 Å². The molecule has 0 bridgehead atoms. The highest BCUT2D eigenvalue weighted by atomic mass is 32.2. The molecule has 0 aliphatic carbocycles. The average molecular weight is 310 g/mol. The molecule has 0 saturated carbocycles. The predicted octanol–water partition coefficient (Wildman–Crippen LogP) is 1.53. The zero-order chi connectivity index (χ0) is 15.5. The second-order valence-corrected chi connectivity index (χ2v) is 8.03. The largest absolute Gasteiger partial charge is 0.325 e. The molecule has 1 unspecified atom stereocenters. The quantitative estimate of drug-likeness (QED) is 0.865. The van der Waals surface area contributed by atoms with Crippen LogP contribution in [0.5, 0.6) is 0 Å². The fraction of sp³-hybridized carbons (Fsp3) is 0.533. The van der Waals surface area contributed by atoms with E-state index in [9.17, 15) is 13.2 Å². The first-order chi connectivity index (χ1) is 9.85. The van der Waals surface area contributed by atoms with E-state index in [0.29, 0.717) is 12.3 Å². The second-order valence-electron chi connectivity index (χ2n) is 5.81. The lowest BCUT2D eigenvalue weighted by Gasteiger charge is -2.11. The molecule has 1 heterocycles. The molecule has 1 aliphatic heterocycles. The van der Waals surface area contributed by atoms with Gasteiger partial charge in [-0.05, 0) is 30.0 Å². The zero-order valence-corrected chi connectivity index (χ0v) is 13.2. The van der Waals surface area contributed by atoms with E-state index < -0.39 is 9.84 Å². The molecule has 0 radical (unpaired) electrons. The van der Waals surface area contributed by atoms with E-state index in [1.54, 1.807) is 0 Å². The summed E-state index contributed by atoms with van der Waals surface area (Å²) in [6.45, 7) is 4.37. The van der Waals surface area contributed by atoms with Crippen molar-refractivity contribution in [3.8, 4) is 0 Å². The maximum absolute atomic E-state index is 11.8. The van der Waals surface area contributed by atoms with Gasteiger partial charge in [0, 0.05) is 11.7 Å². The van der Waals surface area contributed by atoms with E-state index in [2.05, 4.69) is 24.5 Å². The summed E-state index contributed by atoms with van der Waals surface area (Å²) >= 11 is 0. The van der Waals surface area contributed by atoms with Crippen LogP contribution in [0.15, 0.2) is 24.3 Å².